The van der Waals surface area contributed by atoms with Gasteiger partial charge in [-0.15, -0.1) is 0 Å². The molecule has 1 fully saturated rings. The lowest BCUT2D eigenvalue weighted by Crippen LogP contribution is -2.45. The molecule has 1 rings (SSSR count). The summed E-state index contributed by atoms with van der Waals surface area (Å²) in [6.07, 6.45) is 0.697. The van der Waals surface area contributed by atoms with Crippen molar-refractivity contribution in [1.82, 2.24) is 14.8 Å². The molecule has 0 aliphatic carbocycles. The molecule has 0 bridgehead atoms. The minimum absolute atomic E-state index is 0.261. The van der Waals surface area contributed by atoms with Crippen molar-refractivity contribution < 1.29 is 17.9 Å². The second-order valence-electron chi connectivity index (χ2n) is 4.62. The zero-order valence-corrected chi connectivity index (χ0v) is 11.5. The molecule has 0 aromatic rings. The van der Waals surface area contributed by atoms with Gasteiger partial charge in [-0.05, 0) is 45.7 Å². The maximum atomic E-state index is 11.5. The highest BCUT2D eigenvalue weighted by Gasteiger charge is 2.19. The van der Waals surface area contributed by atoms with Gasteiger partial charge in [0.25, 0.3) is 0 Å². The number of amides is 1. The van der Waals surface area contributed by atoms with E-state index in [1.807, 2.05) is 0 Å². The van der Waals surface area contributed by atoms with E-state index in [-0.39, 0.29) is 12.0 Å². The molecule has 0 aromatic carbocycles. The predicted molar refractivity (Wildman–Crippen MR) is 67.3 cm³/mol. The quantitative estimate of drug-likeness (QED) is 0.656. The molecule has 106 valence electrons. The van der Waals surface area contributed by atoms with Crippen LogP contribution in [0.4, 0.5) is 4.79 Å². The monoisotopic (exact) mass is 279 g/mol. The maximum absolute atomic E-state index is 11.5. The Balaban J connectivity index is 2.32. The lowest BCUT2D eigenvalue weighted by molar-refractivity contribution is 0.121. The Morgan fingerprint density at radius 1 is 1.50 bits per heavy atom. The fourth-order valence-corrected chi connectivity index (χ4v) is 2.50. The molecule has 1 atom stereocenters. The highest BCUT2D eigenvalue weighted by molar-refractivity contribution is 7.88. The van der Waals surface area contributed by atoms with Crippen LogP contribution < -0.4 is 14.8 Å². The second kappa shape index (κ2) is 6.91. The molecule has 1 heterocycles. The Hall–Kier alpha value is -0.860. The van der Waals surface area contributed by atoms with E-state index in [4.69, 9.17) is 4.74 Å². The van der Waals surface area contributed by atoms with Crippen LogP contribution in [0.1, 0.15) is 26.7 Å². The minimum Gasteiger partial charge on any atom is -0.446 e. The van der Waals surface area contributed by atoms with Gasteiger partial charge in [-0.2, -0.15) is 13.1 Å². The maximum Gasteiger partial charge on any atom is 0.422 e. The van der Waals surface area contributed by atoms with E-state index in [2.05, 4.69) is 10.0 Å². The first-order chi connectivity index (χ1) is 8.39. The van der Waals surface area contributed by atoms with Crippen LogP contribution in [0.2, 0.25) is 0 Å². The first kappa shape index (κ1) is 15.2. The van der Waals surface area contributed by atoms with E-state index in [1.54, 1.807) is 18.6 Å². The largest absolute Gasteiger partial charge is 0.446 e. The topological polar surface area (TPSA) is 96.5 Å². The molecule has 0 radical (unpaired) electrons. The van der Waals surface area contributed by atoms with Gasteiger partial charge >= 0.3 is 16.3 Å². The molecule has 3 N–H and O–H groups in total. The van der Waals surface area contributed by atoms with Crippen molar-refractivity contribution in [1.29, 1.82) is 0 Å². The van der Waals surface area contributed by atoms with Gasteiger partial charge in [0.2, 0.25) is 0 Å². The summed E-state index contributed by atoms with van der Waals surface area (Å²) in [6.45, 7) is 5.37. The first-order valence-corrected chi connectivity index (χ1v) is 7.56. The van der Waals surface area contributed by atoms with E-state index < -0.39 is 16.3 Å². The lowest BCUT2D eigenvalue weighted by atomic mass is 10.0. The van der Waals surface area contributed by atoms with Crippen molar-refractivity contribution in [3.05, 3.63) is 0 Å². The summed E-state index contributed by atoms with van der Waals surface area (Å²) in [5.41, 5.74) is 0. The van der Waals surface area contributed by atoms with Crippen LogP contribution in [0.15, 0.2) is 0 Å². The Kier molecular flexibility index (Phi) is 5.83. The van der Waals surface area contributed by atoms with Gasteiger partial charge in [-0.1, -0.05) is 0 Å². The highest BCUT2D eigenvalue weighted by atomic mass is 32.2. The third kappa shape index (κ3) is 6.18. The Bertz CT molecular complexity index is 363. The van der Waals surface area contributed by atoms with Crippen molar-refractivity contribution in [3.63, 3.8) is 0 Å². The van der Waals surface area contributed by atoms with Gasteiger partial charge in [-0.3, -0.25) is 0 Å². The number of rotatable bonds is 5. The van der Waals surface area contributed by atoms with Crippen molar-refractivity contribution in [2.75, 3.05) is 19.6 Å². The third-order valence-electron chi connectivity index (χ3n) is 2.52. The summed E-state index contributed by atoms with van der Waals surface area (Å²) >= 11 is 0. The number of hydrogen-bond acceptors (Lipinski definition) is 5. The number of carbonyl (C=O) groups excluding carboxylic acids is 1. The normalized spacial score (nSPS) is 20.7. The van der Waals surface area contributed by atoms with Crippen LogP contribution in [0, 0.1) is 5.92 Å². The van der Waals surface area contributed by atoms with Crippen LogP contribution in [-0.2, 0) is 14.9 Å². The Morgan fingerprint density at radius 2 is 2.22 bits per heavy atom. The SMILES string of the molecule is CC(C)OC(=O)NS(=O)(=O)NCC1CCCNC1. The summed E-state index contributed by atoms with van der Waals surface area (Å²) in [6, 6.07) is 0. The van der Waals surface area contributed by atoms with E-state index in [0.29, 0.717) is 6.54 Å². The number of ether oxygens (including phenoxy) is 1. The fourth-order valence-electron chi connectivity index (χ4n) is 1.71. The van der Waals surface area contributed by atoms with Gasteiger partial charge in [0.15, 0.2) is 0 Å². The molecule has 7 nitrogen and oxygen atoms in total. The predicted octanol–water partition coefficient (Wildman–Crippen LogP) is -0.0450. The van der Waals surface area contributed by atoms with Gasteiger partial charge < -0.3 is 10.1 Å². The molecule has 1 amide bonds. The lowest BCUT2D eigenvalue weighted by Gasteiger charge is -2.22. The molecular formula is C10H21N3O4S. The summed E-state index contributed by atoms with van der Waals surface area (Å²) in [5, 5.41) is 3.19. The zero-order chi connectivity index (χ0) is 13.6. The summed E-state index contributed by atoms with van der Waals surface area (Å²) < 4.78 is 31.9. The third-order valence-corrected chi connectivity index (χ3v) is 3.50. The highest BCUT2D eigenvalue weighted by Crippen LogP contribution is 2.08. The molecule has 1 saturated heterocycles. The van der Waals surface area contributed by atoms with Crippen molar-refractivity contribution in [3.8, 4) is 0 Å². The Labute approximate surface area is 108 Å². The second-order valence-corrected chi connectivity index (χ2v) is 6.12. The van der Waals surface area contributed by atoms with Crippen molar-refractivity contribution in [2.45, 2.75) is 32.8 Å². The molecule has 1 aliphatic rings. The van der Waals surface area contributed by atoms with Gasteiger partial charge in [0, 0.05) is 6.54 Å². The summed E-state index contributed by atoms with van der Waals surface area (Å²) in [4.78, 5) is 11.2. The molecular weight excluding hydrogens is 258 g/mol. The summed E-state index contributed by atoms with van der Waals surface area (Å²) in [5.74, 6) is 0.261. The van der Waals surface area contributed by atoms with E-state index in [9.17, 15) is 13.2 Å². The average Bonchev–Trinajstić information content (AvgIpc) is 2.26. The van der Waals surface area contributed by atoms with E-state index >= 15 is 0 Å². The molecule has 0 spiro atoms. The van der Waals surface area contributed by atoms with Crippen LogP contribution >= 0.6 is 0 Å². The van der Waals surface area contributed by atoms with Crippen molar-refractivity contribution in [2.24, 2.45) is 5.92 Å². The smallest absolute Gasteiger partial charge is 0.422 e. The standard InChI is InChI=1S/C10H21N3O4S/c1-8(2)17-10(14)13-18(15,16)12-7-9-4-3-5-11-6-9/h8-9,11-12H,3-7H2,1-2H3,(H,13,14). The number of nitrogens with one attached hydrogen (secondary N) is 3. The first-order valence-electron chi connectivity index (χ1n) is 6.08. The molecule has 0 aromatic heterocycles. The van der Waals surface area contributed by atoms with E-state index in [1.165, 1.54) is 0 Å². The zero-order valence-electron chi connectivity index (χ0n) is 10.7. The molecule has 1 unspecified atom stereocenters. The number of carbonyl (C=O) groups is 1. The van der Waals surface area contributed by atoms with Gasteiger partial charge in [0.05, 0.1) is 6.10 Å². The van der Waals surface area contributed by atoms with Crippen LogP contribution in [0.5, 0.6) is 0 Å². The van der Waals surface area contributed by atoms with Gasteiger partial charge in [-0.25, -0.2) is 9.52 Å². The molecule has 18 heavy (non-hydrogen) atoms. The minimum atomic E-state index is -3.83. The van der Waals surface area contributed by atoms with Crippen LogP contribution in [0.25, 0.3) is 0 Å². The molecule has 8 heteroatoms. The van der Waals surface area contributed by atoms with Crippen LogP contribution in [0.3, 0.4) is 0 Å². The average molecular weight is 279 g/mol. The number of piperidine rings is 1. The fraction of sp³-hybridized carbons (Fsp3) is 0.900. The number of hydrogen-bond donors (Lipinski definition) is 3. The van der Waals surface area contributed by atoms with Crippen LogP contribution in [-0.4, -0.2) is 40.2 Å². The molecule has 0 saturated carbocycles. The van der Waals surface area contributed by atoms with E-state index in [0.717, 1.165) is 25.9 Å². The summed E-state index contributed by atoms with van der Waals surface area (Å²) in [7, 11) is -3.83. The molecule has 1 aliphatic heterocycles. The van der Waals surface area contributed by atoms with Crippen molar-refractivity contribution >= 4 is 16.3 Å². The Morgan fingerprint density at radius 3 is 2.78 bits per heavy atom. The van der Waals surface area contributed by atoms with Gasteiger partial charge in [0.1, 0.15) is 0 Å².